The maximum Gasteiger partial charge on any atom is 0.243 e. The van der Waals surface area contributed by atoms with Crippen LogP contribution in [0.1, 0.15) is 37.7 Å². The Balaban J connectivity index is 1.71. The van der Waals surface area contributed by atoms with E-state index in [-0.39, 0.29) is 5.91 Å². The number of hydrogen-bond acceptors (Lipinski definition) is 2. The molecule has 0 atom stereocenters. The van der Waals surface area contributed by atoms with E-state index in [0.717, 1.165) is 24.4 Å². The second-order valence-corrected chi connectivity index (χ2v) is 5.23. The number of anilines is 1. The summed E-state index contributed by atoms with van der Waals surface area (Å²) < 4.78 is 0. The van der Waals surface area contributed by atoms with E-state index >= 15 is 0 Å². The first-order valence-electron chi connectivity index (χ1n) is 7.05. The van der Waals surface area contributed by atoms with E-state index in [1.54, 1.807) is 12.2 Å². The van der Waals surface area contributed by atoms with E-state index in [0.29, 0.717) is 5.69 Å². The van der Waals surface area contributed by atoms with Gasteiger partial charge in [-0.05, 0) is 36.1 Å². The topological polar surface area (TPSA) is 55.1 Å². The Bertz CT molecular complexity index is 448. The monoisotopic (exact) mass is 258 g/mol. The van der Waals surface area contributed by atoms with Gasteiger partial charge in [-0.2, -0.15) is 0 Å². The molecule has 3 N–H and O–H groups in total. The first-order chi connectivity index (χ1) is 9.24. The summed E-state index contributed by atoms with van der Waals surface area (Å²) in [5.41, 5.74) is 7.34. The Morgan fingerprint density at radius 1 is 1.37 bits per heavy atom. The van der Waals surface area contributed by atoms with Gasteiger partial charge in [0.05, 0.1) is 0 Å². The van der Waals surface area contributed by atoms with Gasteiger partial charge in [-0.15, -0.1) is 0 Å². The Hall–Kier alpha value is -1.77. The van der Waals surface area contributed by atoms with Crippen LogP contribution in [-0.2, 0) is 4.79 Å². The highest BCUT2D eigenvalue weighted by Gasteiger charge is 2.14. The normalized spacial score (nSPS) is 16.0. The molecule has 0 aromatic heterocycles. The van der Waals surface area contributed by atoms with Crippen LogP contribution in [0.4, 0.5) is 5.69 Å². The highest BCUT2D eigenvalue weighted by atomic mass is 16.1. The van der Waals surface area contributed by atoms with E-state index < -0.39 is 0 Å². The third kappa shape index (κ3) is 4.78. The van der Waals surface area contributed by atoms with Crippen molar-refractivity contribution in [3.63, 3.8) is 0 Å². The van der Waals surface area contributed by atoms with Gasteiger partial charge >= 0.3 is 0 Å². The van der Waals surface area contributed by atoms with Gasteiger partial charge in [0, 0.05) is 18.3 Å². The van der Waals surface area contributed by atoms with Crippen molar-refractivity contribution in [3.8, 4) is 0 Å². The lowest BCUT2D eigenvalue weighted by molar-refractivity contribution is -0.116. The van der Waals surface area contributed by atoms with E-state index in [2.05, 4.69) is 5.32 Å². The van der Waals surface area contributed by atoms with Gasteiger partial charge in [0.1, 0.15) is 0 Å². The summed E-state index contributed by atoms with van der Waals surface area (Å²) >= 11 is 0. The van der Waals surface area contributed by atoms with Crippen molar-refractivity contribution in [1.29, 1.82) is 0 Å². The van der Waals surface area contributed by atoms with Crippen LogP contribution in [0, 0.1) is 5.92 Å². The fraction of sp³-hybridized carbons (Fsp3) is 0.438. The molecule has 1 aliphatic rings. The minimum absolute atomic E-state index is 0.0274. The van der Waals surface area contributed by atoms with Crippen LogP contribution in [0.25, 0.3) is 6.08 Å². The summed E-state index contributed by atoms with van der Waals surface area (Å²) in [5, 5.41) is 2.94. The Kier molecular flexibility index (Phi) is 5.01. The molecule has 1 aliphatic carbocycles. The highest BCUT2D eigenvalue weighted by molar-refractivity contribution is 5.91. The minimum Gasteiger partial charge on any atom is -0.399 e. The summed E-state index contributed by atoms with van der Waals surface area (Å²) in [6.45, 7) is 0.783. The molecule has 1 aromatic rings. The molecular formula is C16H22N2O. The molecule has 3 nitrogen and oxygen atoms in total. The van der Waals surface area contributed by atoms with Gasteiger partial charge in [-0.1, -0.05) is 37.8 Å². The molecule has 0 aliphatic heterocycles. The molecule has 19 heavy (non-hydrogen) atoms. The quantitative estimate of drug-likeness (QED) is 0.630. The van der Waals surface area contributed by atoms with Crippen molar-refractivity contribution in [1.82, 2.24) is 5.32 Å². The van der Waals surface area contributed by atoms with E-state index in [1.807, 2.05) is 24.3 Å². The van der Waals surface area contributed by atoms with Crippen LogP contribution in [0.2, 0.25) is 0 Å². The second-order valence-electron chi connectivity index (χ2n) is 5.23. The van der Waals surface area contributed by atoms with Gasteiger partial charge in [0.2, 0.25) is 5.91 Å². The molecule has 0 bridgehead atoms. The number of carbonyl (C=O) groups excluding carboxylic acids is 1. The van der Waals surface area contributed by atoms with Gasteiger partial charge in [0.15, 0.2) is 0 Å². The number of nitrogens with two attached hydrogens (primary N) is 1. The first kappa shape index (κ1) is 13.7. The zero-order valence-corrected chi connectivity index (χ0v) is 11.3. The molecule has 0 radical (unpaired) electrons. The smallest absolute Gasteiger partial charge is 0.243 e. The van der Waals surface area contributed by atoms with Crippen LogP contribution in [0.5, 0.6) is 0 Å². The van der Waals surface area contributed by atoms with Gasteiger partial charge in [0.25, 0.3) is 0 Å². The fourth-order valence-corrected chi connectivity index (χ4v) is 2.59. The third-order valence-corrected chi connectivity index (χ3v) is 3.66. The zero-order valence-electron chi connectivity index (χ0n) is 11.3. The van der Waals surface area contributed by atoms with Crippen molar-refractivity contribution in [2.45, 2.75) is 32.1 Å². The average Bonchev–Trinajstić information content (AvgIpc) is 2.90. The predicted molar refractivity (Wildman–Crippen MR) is 79.5 cm³/mol. The lowest BCUT2D eigenvalue weighted by atomic mass is 10.0. The SMILES string of the molecule is Nc1cccc(/C=C/C(=O)NCCC2CCCC2)c1. The predicted octanol–water partition coefficient (Wildman–Crippen LogP) is 2.98. The van der Waals surface area contributed by atoms with Crippen molar-refractivity contribution in [2.75, 3.05) is 12.3 Å². The van der Waals surface area contributed by atoms with Crippen LogP contribution < -0.4 is 11.1 Å². The molecule has 0 unspecified atom stereocenters. The summed E-state index contributed by atoms with van der Waals surface area (Å²) in [6.07, 6.45) is 9.84. The zero-order chi connectivity index (χ0) is 13.5. The molecule has 3 heteroatoms. The Morgan fingerprint density at radius 2 is 2.16 bits per heavy atom. The summed E-state index contributed by atoms with van der Waals surface area (Å²) in [5.74, 6) is 0.790. The summed E-state index contributed by atoms with van der Waals surface area (Å²) in [6, 6.07) is 7.49. The van der Waals surface area contributed by atoms with E-state index in [9.17, 15) is 4.79 Å². The molecule has 2 rings (SSSR count). The molecule has 1 fully saturated rings. The number of amides is 1. The van der Waals surface area contributed by atoms with Crippen molar-refractivity contribution < 1.29 is 4.79 Å². The summed E-state index contributed by atoms with van der Waals surface area (Å²) in [7, 11) is 0. The average molecular weight is 258 g/mol. The Labute approximate surface area is 114 Å². The molecular weight excluding hydrogens is 236 g/mol. The lowest BCUT2D eigenvalue weighted by Crippen LogP contribution is -2.23. The molecule has 0 spiro atoms. The molecule has 1 amide bonds. The van der Waals surface area contributed by atoms with Crippen LogP contribution in [0.3, 0.4) is 0 Å². The number of nitrogen functional groups attached to an aromatic ring is 1. The lowest BCUT2D eigenvalue weighted by Gasteiger charge is -2.08. The van der Waals surface area contributed by atoms with E-state index in [4.69, 9.17) is 5.73 Å². The van der Waals surface area contributed by atoms with Gasteiger partial charge in [-0.3, -0.25) is 4.79 Å². The van der Waals surface area contributed by atoms with Crippen molar-refractivity contribution >= 4 is 17.7 Å². The standard InChI is InChI=1S/C16H22N2O/c17-15-7-3-6-14(12-15)8-9-16(19)18-11-10-13-4-1-2-5-13/h3,6-9,12-13H,1-2,4-5,10-11,17H2,(H,18,19)/b9-8+. The maximum absolute atomic E-state index is 11.6. The maximum atomic E-state index is 11.6. The summed E-state index contributed by atoms with van der Waals surface area (Å²) in [4.78, 5) is 11.6. The van der Waals surface area contributed by atoms with E-state index in [1.165, 1.54) is 25.7 Å². The second kappa shape index (κ2) is 6.98. The van der Waals surface area contributed by atoms with Crippen molar-refractivity contribution in [3.05, 3.63) is 35.9 Å². The number of hydrogen-bond donors (Lipinski definition) is 2. The number of carbonyl (C=O) groups is 1. The molecule has 102 valence electrons. The van der Waals surface area contributed by atoms with Gasteiger partial charge < -0.3 is 11.1 Å². The molecule has 1 aromatic carbocycles. The minimum atomic E-state index is -0.0274. The fourth-order valence-electron chi connectivity index (χ4n) is 2.59. The number of benzene rings is 1. The highest BCUT2D eigenvalue weighted by Crippen LogP contribution is 2.26. The largest absolute Gasteiger partial charge is 0.399 e. The Morgan fingerprint density at radius 3 is 2.89 bits per heavy atom. The van der Waals surface area contributed by atoms with Crippen molar-refractivity contribution in [2.24, 2.45) is 5.92 Å². The van der Waals surface area contributed by atoms with Crippen LogP contribution in [-0.4, -0.2) is 12.5 Å². The first-order valence-corrected chi connectivity index (χ1v) is 7.05. The van der Waals surface area contributed by atoms with Crippen LogP contribution >= 0.6 is 0 Å². The number of rotatable bonds is 5. The third-order valence-electron chi connectivity index (χ3n) is 3.66. The van der Waals surface area contributed by atoms with Crippen LogP contribution in [0.15, 0.2) is 30.3 Å². The molecule has 0 saturated heterocycles. The molecule has 1 saturated carbocycles. The molecule has 0 heterocycles. The van der Waals surface area contributed by atoms with Gasteiger partial charge in [-0.25, -0.2) is 0 Å². The number of nitrogens with one attached hydrogen (secondary N) is 1.